The molecule has 1 aliphatic rings. The van der Waals surface area contributed by atoms with Gasteiger partial charge in [0, 0.05) is 23.5 Å². The molecule has 0 radical (unpaired) electrons. The highest BCUT2D eigenvalue weighted by atomic mass is 16.5. The van der Waals surface area contributed by atoms with E-state index in [1.165, 1.54) is 6.07 Å². The van der Waals surface area contributed by atoms with E-state index in [0.29, 0.717) is 42.0 Å². The predicted octanol–water partition coefficient (Wildman–Crippen LogP) is 0.255. The number of H-pyrrole nitrogens is 2. The number of aromatic nitrogens is 5. The molecule has 4 rings (SSSR count). The molecule has 1 saturated heterocycles. The minimum absolute atomic E-state index is 0.214. The number of nitrogens with zero attached hydrogens (tertiary/aromatic N) is 4. The number of pyridine rings is 1. The van der Waals surface area contributed by atoms with Crippen molar-refractivity contribution in [2.45, 2.75) is 6.10 Å². The Kier molecular flexibility index (Phi) is 3.54. The van der Waals surface area contributed by atoms with Crippen molar-refractivity contribution in [3.63, 3.8) is 0 Å². The molecule has 0 aliphatic carbocycles. The lowest BCUT2D eigenvalue weighted by Gasteiger charge is -2.31. The van der Waals surface area contributed by atoms with E-state index in [1.807, 2.05) is 18.2 Å². The second-order valence-electron chi connectivity index (χ2n) is 5.47. The first-order chi connectivity index (χ1) is 11.7. The van der Waals surface area contributed by atoms with E-state index < -0.39 is 6.10 Å². The number of tetrazole rings is 1. The Morgan fingerprint density at radius 2 is 2.21 bits per heavy atom. The molecule has 9 heteroatoms. The molecule has 1 aliphatic heterocycles. The number of hydrogen-bond donors (Lipinski definition) is 2. The second-order valence-corrected chi connectivity index (χ2v) is 5.47. The van der Waals surface area contributed by atoms with Crippen LogP contribution in [0, 0.1) is 0 Å². The highest BCUT2D eigenvalue weighted by molar-refractivity contribution is 6.05. The molecular weight excluding hydrogens is 312 g/mol. The molecule has 2 aromatic heterocycles. The van der Waals surface area contributed by atoms with Crippen LogP contribution in [-0.2, 0) is 4.74 Å². The standard InChI is InChI=1S/C15H14N6O3/c22-13-7-10(9-3-1-2-4-11(9)16-13)15(23)21-5-6-24-12(8-21)14-17-19-20-18-14/h1-4,7,12H,5-6,8H2,(H,16,22)(H,17,18,19,20). The summed E-state index contributed by atoms with van der Waals surface area (Å²) in [6, 6.07) is 8.57. The summed E-state index contributed by atoms with van der Waals surface area (Å²) < 4.78 is 5.60. The first-order valence-electron chi connectivity index (χ1n) is 7.48. The van der Waals surface area contributed by atoms with Crippen LogP contribution in [0.5, 0.6) is 0 Å². The number of carbonyl (C=O) groups excluding carboxylic acids is 1. The van der Waals surface area contributed by atoms with Gasteiger partial charge in [0.25, 0.3) is 5.91 Å². The highest BCUT2D eigenvalue weighted by Crippen LogP contribution is 2.22. The van der Waals surface area contributed by atoms with Gasteiger partial charge in [-0.25, -0.2) is 0 Å². The van der Waals surface area contributed by atoms with E-state index in [1.54, 1.807) is 11.0 Å². The van der Waals surface area contributed by atoms with Crippen molar-refractivity contribution < 1.29 is 9.53 Å². The lowest BCUT2D eigenvalue weighted by Crippen LogP contribution is -2.42. The molecule has 0 spiro atoms. The van der Waals surface area contributed by atoms with Gasteiger partial charge in [0.05, 0.1) is 18.7 Å². The van der Waals surface area contributed by atoms with Gasteiger partial charge in [0.2, 0.25) is 11.4 Å². The number of benzene rings is 1. The Morgan fingerprint density at radius 1 is 1.33 bits per heavy atom. The van der Waals surface area contributed by atoms with E-state index >= 15 is 0 Å². The van der Waals surface area contributed by atoms with E-state index in [4.69, 9.17) is 4.74 Å². The van der Waals surface area contributed by atoms with Gasteiger partial charge >= 0.3 is 0 Å². The highest BCUT2D eigenvalue weighted by Gasteiger charge is 2.29. The number of amides is 1. The number of ether oxygens (including phenoxy) is 1. The van der Waals surface area contributed by atoms with Crippen molar-refractivity contribution in [1.29, 1.82) is 0 Å². The van der Waals surface area contributed by atoms with Crippen LogP contribution >= 0.6 is 0 Å². The lowest BCUT2D eigenvalue weighted by molar-refractivity contribution is -0.0267. The molecule has 3 aromatic rings. The molecule has 1 amide bonds. The normalized spacial score (nSPS) is 18.0. The number of para-hydroxylation sites is 1. The molecule has 3 heterocycles. The van der Waals surface area contributed by atoms with E-state index in [9.17, 15) is 9.59 Å². The molecule has 1 unspecified atom stereocenters. The molecule has 9 nitrogen and oxygen atoms in total. The summed E-state index contributed by atoms with van der Waals surface area (Å²) in [4.78, 5) is 29.2. The summed E-state index contributed by atoms with van der Waals surface area (Å²) in [7, 11) is 0. The maximum atomic E-state index is 12.9. The van der Waals surface area contributed by atoms with Crippen molar-refractivity contribution in [3.8, 4) is 0 Å². The topological polar surface area (TPSA) is 117 Å². The number of hydrogen-bond acceptors (Lipinski definition) is 6. The first kappa shape index (κ1) is 14.5. The van der Waals surface area contributed by atoms with Gasteiger partial charge in [-0.05, 0) is 6.07 Å². The summed E-state index contributed by atoms with van der Waals surface area (Å²) in [6.45, 7) is 1.11. The predicted molar refractivity (Wildman–Crippen MR) is 83.3 cm³/mol. The van der Waals surface area contributed by atoms with Crippen molar-refractivity contribution in [1.82, 2.24) is 30.5 Å². The van der Waals surface area contributed by atoms with Crippen LogP contribution in [0.15, 0.2) is 35.1 Å². The van der Waals surface area contributed by atoms with Crippen molar-refractivity contribution >= 4 is 16.8 Å². The van der Waals surface area contributed by atoms with Crippen LogP contribution in [0.1, 0.15) is 22.3 Å². The van der Waals surface area contributed by atoms with Crippen LogP contribution in [0.3, 0.4) is 0 Å². The number of morpholine rings is 1. The summed E-state index contributed by atoms with van der Waals surface area (Å²) >= 11 is 0. The molecule has 122 valence electrons. The Hall–Kier alpha value is -3.07. The quantitative estimate of drug-likeness (QED) is 0.697. The van der Waals surface area contributed by atoms with Gasteiger partial charge in [-0.1, -0.05) is 23.4 Å². The number of nitrogens with one attached hydrogen (secondary N) is 2. The number of fused-ring (bicyclic) bond motifs is 1. The molecule has 24 heavy (non-hydrogen) atoms. The largest absolute Gasteiger partial charge is 0.366 e. The van der Waals surface area contributed by atoms with Gasteiger partial charge in [-0.15, -0.1) is 10.2 Å². The molecular formula is C15H14N6O3. The maximum Gasteiger partial charge on any atom is 0.254 e. The molecule has 1 fully saturated rings. The Labute approximate surface area is 135 Å². The minimum atomic E-state index is -0.435. The number of rotatable bonds is 2. The third-order valence-electron chi connectivity index (χ3n) is 3.98. The van der Waals surface area contributed by atoms with Crippen molar-refractivity contribution in [3.05, 3.63) is 52.1 Å². The minimum Gasteiger partial charge on any atom is -0.366 e. The summed E-state index contributed by atoms with van der Waals surface area (Å²) in [6.07, 6.45) is -0.435. The lowest BCUT2D eigenvalue weighted by atomic mass is 10.1. The Bertz CT molecular complexity index is 936. The summed E-state index contributed by atoms with van der Waals surface area (Å²) in [5.41, 5.74) is 0.708. The van der Waals surface area contributed by atoms with Crippen molar-refractivity contribution in [2.75, 3.05) is 19.7 Å². The van der Waals surface area contributed by atoms with E-state index in [0.717, 1.165) is 0 Å². The summed E-state index contributed by atoms with van der Waals surface area (Å²) in [5.74, 6) is 0.192. The zero-order chi connectivity index (χ0) is 16.5. The van der Waals surface area contributed by atoms with Crippen LogP contribution in [0.2, 0.25) is 0 Å². The fraction of sp³-hybridized carbons (Fsp3) is 0.267. The van der Waals surface area contributed by atoms with Crippen LogP contribution < -0.4 is 5.56 Å². The van der Waals surface area contributed by atoms with E-state index in [2.05, 4.69) is 25.6 Å². The SMILES string of the molecule is O=C(c1cc(=O)[nH]c2ccccc12)N1CCOC(c2nn[nH]n2)C1. The molecule has 0 saturated carbocycles. The monoisotopic (exact) mass is 326 g/mol. The number of aromatic amines is 2. The van der Waals surface area contributed by atoms with E-state index in [-0.39, 0.29) is 11.5 Å². The fourth-order valence-corrected chi connectivity index (χ4v) is 2.85. The summed E-state index contributed by atoms with van der Waals surface area (Å²) in [5, 5.41) is 14.4. The van der Waals surface area contributed by atoms with Gasteiger partial charge < -0.3 is 14.6 Å². The Morgan fingerprint density at radius 3 is 3.04 bits per heavy atom. The van der Waals surface area contributed by atoms with Gasteiger partial charge in [-0.3, -0.25) is 9.59 Å². The smallest absolute Gasteiger partial charge is 0.254 e. The second kappa shape index (κ2) is 5.85. The third kappa shape index (κ3) is 2.54. The van der Waals surface area contributed by atoms with Crippen LogP contribution in [0.4, 0.5) is 0 Å². The van der Waals surface area contributed by atoms with Crippen LogP contribution in [0.25, 0.3) is 10.9 Å². The third-order valence-corrected chi connectivity index (χ3v) is 3.98. The number of carbonyl (C=O) groups is 1. The molecule has 1 aromatic carbocycles. The van der Waals surface area contributed by atoms with Gasteiger partial charge in [0.15, 0.2) is 0 Å². The van der Waals surface area contributed by atoms with Crippen molar-refractivity contribution in [2.24, 2.45) is 0 Å². The van der Waals surface area contributed by atoms with Gasteiger partial charge in [-0.2, -0.15) is 5.21 Å². The first-order valence-corrected chi connectivity index (χ1v) is 7.48. The molecule has 1 atom stereocenters. The fourth-order valence-electron chi connectivity index (χ4n) is 2.85. The van der Waals surface area contributed by atoms with Crippen LogP contribution in [-0.4, -0.2) is 56.1 Å². The molecule has 2 N–H and O–H groups in total. The average Bonchev–Trinajstić information content (AvgIpc) is 3.15. The van der Waals surface area contributed by atoms with Gasteiger partial charge in [0.1, 0.15) is 6.10 Å². The Balaban J connectivity index is 1.67. The average molecular weight is 326 g/mol. The molecule has 0 bridgehead atoms. The zero-order valence-corrected chi connectivity index (χ0v) is 12.6. The maximum absolute atomic E-state index is 12.9. The zero-order valence-electron chi connectivity index (χ0n) is 12.6.